The highest BCUT2D eigenvalue weighted by molar-refractivity contribution is 5.87. The summed E-state index contributed by atoms with van der Waals surface area (Å²) >= 11 is 0. The van der Waals surface area contributed by atoms with Crippen molar-refractivity contribution >= 4 is 11.6 Å². The Bertz CT molecular complexity index is 484. The number of hydrogen-bond donors (Lipinski definition) is 1. The molecule has 2 N–H and O–H groups in total. The second-order valence-electron chi connectivity index (χ2n) is 5.93. The molecular formula is C15H23N3O. The van der Waals surface area contributed by atoms with Gasteiger partial charge >= 0.3 is 0 Å². The van der Waals surface area contributed by atoms with Gasteiger partial charge in [0.25, 0.3) is 0 Å². The van der Waals surface area contributed by atoms with Gasteiger partial charge in [0.15, 0.2) is 0 Å². The Morgan fingerprint density at radius 2 is 2.11 bits per heavy atom. The largest absolute Gasteiger partial charge is 0.356 e. The number of benzene rings is 1. The maximum absolute atomic E-state index is 12.4. The predicted octanol–water partition coefficient (Wildman–Crippen LogP) is 1.38. The molecule has 4 heteroatoms. The first kappa shape index (κ1) is 13.9. The molecule has 1 fully saturated rings. The minimum absolute atomic E-state index is 0.0975. The van der Waals surface area contributed by atoms with Gasteiger partial charge in [0.1, 0.15) is 6.04 Å². The molecule has 1 heterocycles. The Labute approximate surface area is 115 Å². The standard InChI is InChI=1S/C15H23N3O/c1-11-6-5-7-12(8-11)18-10-15(2,3)17(4)14(19)13(18)9-16/h5-8,13H,9-10,16H2,1-4H3. The van der Waals surface area contributed by atoms with Crippen molar-refractivity contribution in [3.05, 3.63) is 29.8 Å². The molecule has 104 valence electrons. The molecule has 2 rings (SSSR count). The summed E-state index contributed by atoms with van der Waals surface area (Å²) in [5.74, 6) is 0.0975. The van der Waals surface area contributed by atoms with E-state index in [1.54, 1.807) is 0 Å². The molecule has 1 aliphatic heterocycles. The van der Waals surface area contributed by atoms with Gasteiger partial charge in [0, 0.05) is 25.8 Å². The summed E-state index contributed by atoms with van der Waals surface area (Å²) in [6.45, 7) is 7.36. The fourth-order valence-corrected chi connectivity index (χ4v) is 2.59. The lowest BCUT2D eigenvalue weighted by Gasteiger charge is -2.49. The van der Waals surface area contributed by atoms with Gasteiger partial charge < -0.3 is 15.5 Å². The summed E-state index contributed by atoms with van der Waals surface area (Å²) < 4.78 is 0. The maximum Gasteiger partial charge on any atom is 0.246 e. The molecular weight excluding hydrogens is 238 g/mol. The average molecular weight is 261 g/mol. The second kappa shape index (κ2) is 4.85. The Hall–Kier alpha value is -1.55. The van der Waals surface area contributed by atoms with Crippen LogP contribution in [-0.4, -0.2) is 42.5 Å². The molecule has 0 radical (unpaired) electrons. The fraction of sp³-hybridized carbons (Fsp3) is 0.533. The van der Waals surface area contributed by atoms with E-state index in [-0.39, 0.29) is 17.5 Å². The van der Waals surface area contributed by atoms with Crippen molar-refractivity contribution in [1.29, 1.82) is 0 Å². The maximum atomic E-state index is 12.4. The number of hydrogen-bond acceptors (Lipinski definition) is 3. The molecule has 1 unspecified atom stereocenters. The van der Waals surface area contributed by atoms with Crippen LogP contribution in [0.5, 0.6) is 0 Å². The van der Waals surface area contributed by atoms with Crippen molar-refractivity contribution in [2.24, 2.45) is 5.73 Å². The summed E-state index contributed by atoms with van der Waals surface area (Å²) in [6, 6.07) is 7.97. The molecule has 0 saturated carbocycles. The third-order valence-corrected chi connectivity index (χ3v) is 4.01. The molecule has 0 bridgehead atoms. The van der Waals surface area contributed by atoms with Crippen LogP contribution < -0.4 is 10.6 Å². The lowest BCUT2D eigenvalue weighted by Crippen LogP contribution is -2.67. The zero-order valence-corrected chi connectivity index (χ0v) is 12.2. The Balaban J connectivity index is 2.40. The first-order chi connectivity index (χ1) is 8.86. The molecule has 0 aliphatic carbocycles. The first-order valence-corrected chi connectivity index (χ1v) is 6.68. The van der Waals surface area contributed by atoms with Crippen LogP contribution in [0.15, 0.2) is 24.3 Å². The molecule has 4 nitrogen and oxygen atoms in total. The van der Waals surface area contributed by atoms with Crippen LogP contribution in [0, 0.1) is 6.92 Å². The van der Waals surface area contributed by atoms with Crippen molar-refractivity contribution in [2.45, 2.75) is 32.4 Å². The number of carbonyl (C=O) groups is 1. The molecule has 1 amide bonds. The monoisotopic (exact) mass is 261 g/mol. The van der Waals surface area contributed by atoms with Crippen molar-refractivity contribution in [1.82, 2.24) is 4.90 Å². The molecule has 1 saturated heterocycles. The number of rotatable bonds is 2. The second-order valence-corrected chi connectivity index (χ2v) is 5.93. The zero-order valence-electron chi connectivity index (χ0n) is 12.2. The van der Waals surface area contributed by atoms with Crippen LogP contribution in [-0.2, 0) is 4.79 Å². The van der Waals surface area contributed by atoms with Crippen LogP contribution in [0.4, 0.5) is 5.69 Å². The fourth-order valence-electron chi connectivity index (χ4n) is 2.59. The molecule has 1 atom stereocenters. The summed E-state index contributed by atoms with van der Waals surface area (Å²) in [5.41, 5.74) is 7.90. The van der Waals surface area contributed by atoms with Gasteiger partial charge in [-0.1, -0.05) is 12.1 Å². The van der Waals surface area contributed by atoms with Crippen molar-refractivity contribution < 1.29 is 4.79 Å². The normalized spacial score (nSPS) is 22.8. The SMILES string of the molecule is Cc1cccc(N2CC(C)(C)N(C)C(=O)C2CN)c1. The Kier molecular flexibility index (Phi) is 3.54. The Morgan fingerprint density at radius 3 is 2.68 bits per heavy atom. The summed E-state index contributed by atoms with van der Waals surface area (Å²) in [6.07, 6.45) is 0. The summed E-state index contributed by atoms with van der Waals surface area (Å²) in [4.78, 5) is 16.4. The van der Waals surface area contributed by atoms with E-state index in [1.165, 1.54) is 5.56 Å². The van der Waals surface area contributed by atoms with Crippen molar-refractivity contribution in [3.63, 3.8) is 0 Å². The molecule has 0 spiro atoms. The third-order valence-electron chi connectivity index (χ3n) is 4.01. The van der Waals surface area contributed by atoms with E-state index >= 15 is 0 Å². The summed E-state index contributed by atoms with van der Waals surface area (Å²) in [7, 11) is 1.86. The van der Waals surface area contributed by atoms with E-state index in [1.807, 2.05) is 24.1 Å². The molecule has 1 aromatic carbocycles. The smallest absolute Gasteiger partial charge is 0.246 e. The van der Waals surface area contributed by atoms with E-state index in [0.717, 1.165) is 12.2 Å². The zero-order chi connectivity index (χ0) is 14.2. The van der Waals surface area contributed by atoms with Crippen molar-refractivity contribution in [2.75, 3.05) is 25.0 Å². The number of likely N-dealkylation sites (N-methyl/N-ethyl adjacent to an activating group) is 1. The van der Waals surface area contributed by atoms with Crippen LogP contribution in [0.3, 0.4) is 0 Å². The van der Waals surface area contributed by atoms with Crippen molar-refractivity contribution in [3.8, 4) is 0 Å². The van der Waals surface area contributed by atoms with Crippen LogP contribution in [0.25, 0.3) is 0 Å². The highest BCUT2D eigenvalue weighted by atomic mass is 16.2. The van der Waals surface area contributed by atoms with Gasteiger partial charge in [-0.3, -0.25) is 4.79 Å². The molecule has 1 aliphatic rings. The van der Waals surface area contributed by atoms with Crippen LogP contribution >= 0.6 is 0 Å². The van der Waals surface area contributed by atoms with E-state index < -0.39 is 0 Å². The van der Waals surface area contributed by atoms with Gasteiger partial charge in [-0.2, -0.15) is 0 Å². The minimum atomic E-state index is -0.264. The number of piperazine rings is 1. The van der Waals surface area contributed by atoms with E-state index in [9.17, 15) is 4.79 Å². The first-order valence-electron chi connectivity index (χ1n) is 6.68. The highest BCUT2D eigenvalue weighted by Crippen LogP contribution is 2.28. The van der Waals surface area contributed by atoms with E-state index in [4.69, 9.17) is 5.73 Å². The van der Waals surface area contributed by atoms with Gasteiger partial charge in [-0.25, -0.2) is 0 Å². The predicted molar refractivity (Wildman–Crippen MR) is 78.2 cm³/mol. The lowest BCUT2D eigenvalue weighted by atomic mass is 9.94. The third kappa shape index (κ3) is 2.45. The summed E-state index contributed by atoms with van der Waals surface area (Å²) in [5, 5.41) is 0. The lowest BCUT2D eigenvalue weighted by molar-refractivity contribution is -0.138. The average Bonchev–Trinajstić information content (AvgIpc) is 2.35. The van der Waals surface area contributed by atoms with E-state index in [0.29, 0.717) is 6.54 Å². The number of anilines is 1. The quantitative estimate of drug-likeness (QED) is 0.875. The minimum Gasteiger partial charge on any atom is -0.356 e. The van der Waals surface area contributed by atoms with Gasteiger partial charge in [0.05, 0.1) is 5.54 Å². The number of nitrogens with zero attached hydrogens (tertiary/aromatic N) is 2. The number of amides is 1. The van der Waals surface area contributed by atoms with Gasteiger partial charge in [-0.05, 0) is 38.5 Å². The van der Waals surface area contributed by atoms with Crippen LogP contribution in [0.1, 0.15) is 19.4 Å². The molecule has 1 aromatic rings. The van der Waals surface area contributed by atoms with Crippen LogP contribution in [0.2, 0.25) is 0 Å². The number of carbonyl (C=O) groups excluding carboxylic acids is 1. The van der Waals surface area contributed by atoms with Gasteiger partial charge in [-0.15, -0.1) is 0 Å². The Morgan fingerprint density at radius 1 is 1.42 bits per heavy atom. The topological polar surface area (TPSA) is 49.6 Å². The number of nitrogens with two attached hydrogens (primary N) is 1. The molecule has 19 heavy (non-hydrogen) atoms. The van der Waals surface area contributed by atoms with E-state index in [2.05, 4.69) is 37.8 Å². The molecule has 0 aromatic heterocycles. The van der Waals surface area contributed by atoms with Gasteiger partial charge in [0.2, 0.25) is 5.91 Å². The highest BCUT2D eigenvalue weighted by Gasteiger charge is 2.42. The number of aryl methyl sites for hydroxylation is 1.